The van der Waals surface area contributed by atoms with Gasteiger partial charge in [0.25, 0.3) is 0 Å². The highest BCUT2D eigenvalue weighted by atomic mass is 32.2. The molecule has 0 atom stereocenters. The fourth-order valence-electron chi connectivity index (χ4n) is 4.07. The fraction of sp³-hybridized carbons (Fsp3) is 0.818. The highest BCUT2D eigenvalue weighted by Crippen LogP contribution is 2.46. The SMILES string of the molecule is CC1(C)C=C(CS(=O)(=O)CC2=CC(C)(C)CCC2(C)C)C(C)(C)CC1. The van der Waals surface area contributed by atoms with Crippen LogP contribution in [0.4, 0.5) is 0 Å². The summed E-state index contributed by atoms with van der Waals surface area (Å²) >= 11 is 0. The van der Waals surface area contributed by atoms with E-state index in [1.54, 1.807) is 0 Å². The zero-order valence-corrected chi connectivity index (χ0v) is 18.4. The molecular formula is C22H38O2S. The average molecular weight is 367 g/mol. The molecule has 0 fully saturated rings. The van der Waals surface area contributed by atoms with Crippen molar-refractivity contribution in [3.05, 3.63) is 23.3 Å². The number of rotatable bonds is 4. The van der Waals surface area contributed by atoms with Crippen LogP contribution in [0.15, 0.2) is 23.3 Å². The summed E-state index contributed by atoms with van der Waals surface area (Å²) in [5, 5.41) is 0. The molecule has 2 aliphatic carbocycles. The van der Waals surface area contributed by atoms with Crippen molar-refractivity contribution in [1.82, 2.24) is 0 Å². The molecule has 0 aromatic rings. The molecule has 0 radical (unpaired) electrons. The lowest BCUT2D eigenvalue weighted by Gasteiger charge is -2.40. The van der Waals surface area contributed by atoms with Crippen molar-refractivity contribution in [1.29, 1.82) is 0 Å². The van der Waals surface area contributed by atoms with Gasteiger partial charge in [-0.1, -0.05) is 78.7 Å². The zero-order chi connectivity index (χ0) is 19.3. The second-order valence-corrected chi connectivity index (χ2v) is 13.2. The van der Waals surface area contributed by atoms with Crippen molar-refractivity contribution in [2.24, 2.45) is 21.7 Å². The summed E-state index contributed by atoms with van der Waals surface area (Å²) in [7, 11) is -3.16. The molecule has 0 heterocycles. The maximum absolute atomic E-state index is 13.1. The van der Waals surface area contributed by atoms with E-state index in [0.29, 0.717) is 0 Å². The number of hydrogen-bond donors (Lipinski definition) is 0. The van der Waals surface area contributed by atoms with Crippen LogP contribution in [0, 0.1) is 21.7 Å². The molecule has 0 aliphatic heterocycles. The molecule has 2 nitrogen and oxygen atoms in total. The van der Waals surface area contributed by atoms with Crippen LogP contribution in [0.2, 0.25) is 0 Å². The van der Waals surface area contributed by atoms with E-state index >= 15 is 0 Å². The fourth-order valence-corrected chi connectivity index (χ4v) is 6.07. The van der Waals surface area contributed by atoms with Gasteiger partial charge in [-0.15, -0.1) is 0 Å². The van der Waals surface area contributed by atoms with E-state index < -0.39 is 9.84 Å². The van der Waals surface area contributed by atoms with Crippen molar-refractivity contribution in [3.8, 4) is 0 Å². The van der Waals surface area contributed by atoms with Crippen LogP contribution in [0.3, 0.4) is 0 Å². The summed E-state index contributed by atoms with van der Waals surface area (Å²) in [5.74, 6) is 0.411. The summed E-state index contributed by atoms with van der Waals surface area (Å²) in [6.07, 6.45) is 8.83. The molecule has 144 valence electrons. The summed E-state index contributed by atoms with van der Waals surface area (Å²) in [5.41, 5.74) is 2.39. The lowest BCUT2D eigenvalue weighted by molar-refractivity contribution is 0.279. The highest BCUT2D eigenvalue weighted by Gasteiger charge is 2.38. The number of allylic oxidation sites excluding steroid dienone is 2. The van der Waals surface area contributed by atoms with E-state index in [1.165, 1.54) is 0 Å². The van der Waals surface area contributed by atoms with E-state index in [0.717, 1.165) is 36.8 Å². The Balaban J connectivity index is 2.28. The maximum atomic E-state index is 13.1. The normalized spacial score (nSPS) is 27.4. The van der Waals surface area contributed by atoms with Crippen molar-refractivity contribution in [2.45, 2.75) is 81.1 Å². The predicted molar refractivity (Wildman–Crippen MR) is 108 cm³/mol. The minimum absolute atomic E-state index is 0.0156. The van der Waals surface area contributed by atoms with Gasteiger partial charge in [-0.25, -0.2) is 8.42 Å². The Kier molecular flexibility index (Phi) is 5.18. The Morgan fingerprint density at radius 2 is 1.00 bits per heavy atom. The van der Waals surface area contributed by atoms with Crippen LogP contribution in [-0.4, -0.2) is 19.9 Å². The Morgan fingerprint density at radius 1 is 0.680 bits per heavy atom. The van der Waals surface area contributed by atoms with E-state index in [9.17, 15) is 8.42 Å². The largest absolute Gasteiger partial charge is 0.228 e. The molecule has 2 rings (SSSR count). The van der Waals surface area contributed by atoms with E-state index in [1.807, 2.05) is 0 Å². The van der Waals surface area contributed by atoms with E-state index in [2.05, 4.69) is 67.5 Å². The first-order valence-corrected chi connectivity index (χ1v) is 11.5. The van der Waals surface area contributed by atoms with Gasteiger partial charge >= 0.3 is 0 Å². The molecule has 0 aromatic carbocycles. The average Bonchev–Trinajstić information content (AvgIpc) is 2.39. The van der Waals surface area contributed by atoms with Gasteiger partial charge in [0.2, 0.25) is 0 Å². The minimum Gasteiger partial charge on any atom is -0.228 e. The zero-order valence-electron chi connectivity index (χ0n) is 17.6. The van der Waals surface area contributed by atoms with Gasteiger partial charge in [0, 0.05) is 0 Å². The van der Waals surface area contributed by atoms with Gasteiger partial charge in [0.1, 0.15) is 0 Å². The Morgan fingerprint density at radius 3 is 1.32 bits per heavy atom. The van der Waals surface area contributed by atoms with Gasteiger partial charge in [0.05, 0.1) is 11.5 Å². The van der Waals surface area contributed by atoms with Gasteiger partial charge in [0.15, 0.2) is 9.84 Å². The summed E-state index contributed by atoms with van der Waals surface area (Å²) < 4.78 is 26.2. The molecule has 0 bridgehead atoms. The molecular weight excluding hydrogens is 328 g/mol. The van der Waals surface area contributed by atoms with E-state index in [4.69, 9.17) is 0 Å². The summed E-state index contributed by atoms with van der Waals surface area (Å²) in [6, 6.07) is 0. The van der Waals surface area contributed by atoms with Crippen molar-refractivity contribution in [3.63, 3.8) is 0 Å². The lowest BCUT2D eigenvalue weighted by atomic mass is 9.68. The maximum Gasteiger partial charge on any atom is 0.157 e. The quantitative estimate of drug-likeness (QED) is 0.576. The summed E-state index contributed by atoms with van der Waals surface area (Å²) in [6.45, 7) is 17.6. The second kappa shape index (κ2) is 6.25. The lowest BCUT2D eigenvalue weighted by Crippen LogP contribution is -2.33. The first kappa shape index (κ1) is 20.7. The third-order valence-electron chi connectivity index (χ3n) is 6.41. The van der Waals surface area contributed by atoms with Crippen molar-refractivity contribution >= 4 is 9.84 Å². The van der Waals surface area contributed by atoms with Gasteiger partial charge < -0.3 is 0 Å². The number of sulfone groups is 1. The van der Waals surface area contributed by atoms with Crippen LogP contribution in [0.25, 0.3) is 0 Å². The molecule has 0 unspecified atom stereocenters. The first-order valence-electron chi connectivity index (χ1n) is 9.69. The highest BCUT2D eigenvalue weighted by molar-refractivity contribution is 7.91. The molecule has 2 aliphatic rings. The standard InChI is InChI=1S/C22H38O2S/c1-19(2)9-11-21(5,6)17(13-19)15-25(23,24)16-18-14-20(3,4)10-12-22(18,7)8/h13-14H,9-12,15-16H2,1-8H3. The predicted octanol–water partition coefficient (Wildman–Crippen LogP) is 5.95. The molecule has 0 amide bonds. The molecule has 0 saturated heterocycles. The van der Waals surface area contributed by atoms with Crippen LogP contribution in [0.1, 0.15) is 81.1 Å². The monoisotopic (exact) mass is 366 g/mol. The molecule has 0 spiro atoms. The number of hydrogen-bond acceptors (Lipinski definition) is 2. The van der Waals surface area contributed by atoms with E-state index in [-0.39, 0.29) is 33.2 Å². The van der Waals surface area contributed by atoms with Crippen molar-refractivity contribution in [2.75, 3.05) is 11.5 Å². The van der Waals surface area contributed by atoms with Crippen LogP contribution in [-0.2, 0) is 9.84 Å². The molecule has 0 N–H and O–H groups in total. The van der Waals surface area contributed by atoms with Gasteiger partial charge in [-0.2, -0.15) is 0 Å². The first-order chi connectivity index (χ1) is 11.0. The molecule has 3 heteroatoms. The molecule has 0 aromatic heterocycles. The van der Waals surface area contributed by atoms with Crippen LogP contribution in [0.5, 0.6) is 0 Å². The van der Waals surface area contributed by atoms with Crippen molar-refractivity contribution < 1.29 is 8.42 Å². The van der Waals surface area contributed by atoms with Gasteiger partial charge in [-0.3, -0.25) is 0 Å². The second-order valence-electron chi connectivity index (χ2n) is 11.1. The van der Waals surface area contributed by atoms with Gasteiger partial charge in [-0.05, 0) is 47.3 Å². The Labute approximate surface area is 156 Å². The van der Waals surface area contributed by atoms with Crippen LogP contribution < -0.4 is 0 Å². The molecule has 0 saturated carbocycles. The Bertz CT molecular complexity index is 632. The minimum atomic E-state index is -3.16. The summed E-state index contributed by atoms with van der Waals surface area (Å²) in [4.78, 5) is 0. The topological polar surface area (TPSA) is 34.1 Å². The smallest absolute Gasteiger partial charge is 0.157 e. The third-order valence-corrected chi connectivity index (χ3v) is 7.91. The molecule has 25 heavy (non-hydrogen) atoms. The van der Waals surface area contributed by atoms with Crippen LogP contribution >= 0.6 is 0 Å². The third kappa shape index (κ3) is 5.21. The Hall–Kier alpha value is -0.570.